The van der Waals surface area contributed by atoms with Crippen LogP contribution in [-0.4, -0.2) is 16.7 Å². The molecule has 1 aliphatic rings. The second-order valence-electron chi connectivity index (χ2n) is 8.49. The van der Waals surface area contributed by atoms with Gasteiger partial charge >= 0.3 is 0 Å². The predicted octanol–water partition coefficient (Wildman–Crippen LogP) is 4.09. The monoisotopic (exact) mass is 415 g/mol. The Kier molecular flexibility index (Phi) is 5.75. The van der Waals surface area contributed by atoms with Gasteiger partial charge in [-0.1, -0.05) is 39.0 Å². The molecule has 0 bridgehead atoms. The zero-order chi connectivity index (χ0) is 21.3. The van der Waals surface area contributed by atoms with Crippen LogP contribution in [0.5, 0.6) is 0 Å². The second-order valence-corrected chi connectivity index (χ2v) is 9.59. The van der Waals surface area contributed by atoms with E-state index in [4.69, 9.17) is 5.73 Å². The molecule has 0 saturated heterocycles. The average molecular weight is 416 g/mol. The number of nitro benzene ring substituents is 1. The van der Waals surface area contributed by atoms with Gasteiger partial charge < -0.3 is 11.1 Å². The quantitative estimate of drug-likeness (QED) is 0.565. The number of benzene rings is 1. The molecule has 1 unspecified atom stereocenters. The number of anilines is 1. The summed E-state index contributed by atoms with van der Waals surface area (Å²) in [5.41, 5.74) is 7.32. The number of carbonyl (C=O) groups excluding carboxylic acids is 2. The number of nitrogens with zero attached hydrogens (tertiary/aromatic N) is 1. The average Bonchev–Trinajstić information content (AvgIpc) is 2.98. The molecule has 8 heteroatoms. The molecular weight excluding hydrogens is 390 g/mol. The second kappa shape index (κ2) is 7.94. The molecule has 0 saturated carbocycles. The maximum absolute atomic E-state index is 12.6. The van der Waals surface area contributed by atoms with Gasteiger partial charge in [0, 0.05) is 16.5 Å². The first-order valence-electron chi connectivity index (χ1n) is 9.54. The lowest BCUT2D eigenvalue weighted by Gasteiger charge is -2.33. The minimum atomic E-state index is -0.558. The Bertz CT molecular complexity index is 975. The van der Waals surface area contributed by atoms with Crippen LogP contribution in [0.3, 0.4) is 0 Å². The minimum absolute atomic E-state index is 0.101. The summed E-state index contributed by atoms with van der Waals surface area (Å²) in [5, 5.41) is 14.4. The van der Waals surface area contributed by atoms with Gasteiger partial charge in [0.2, 0.25) is 5.91 Å². The van der Waals surface area contributed by atoms with Crippen LogP contribution in [0.15, 0.2) is 24.3 Å². The molecule has 1 heterocycles. The minimum Gasteiger partial charge on any atom is -0.365 e. The number of para-hydroxylation sites is 1. The number of primary amides is 1. The first kappa shape index (κ1) is 21.0. The highest BCUT2D eigenvalue weighted by Gasteiger charge is 2.33. The van der Waals surface area contributed by atoms with Gasteiger partial charge in [-0.15, -0.1) is 11.3 Å². The van der Waals surface area contributed by atoms with E-state index in [1.807, 2.05) is 0 Å². The molecule has 1 aromatic carbocycles. The van der Waals surface area contributed by atoms with Crippen molar-refractivity contribution in [3.8, 4) is 0 Å². The van der Waals surface area contributed by atoms with Gasteiger partial charge in [0.05, 0.1) is 16.9 Å². The highest BCUT2D eigenvalue weighted by Crippen LogP contribution is 2.44. The predicted molar refractivity (Wildman–Crippen MR) is 113 cm³/mol. The lowest BCUT2D eigenvalue weighted by Crippen LogP contribution is -2.27. The Balaban J connectivity index is 1.85. The fourth-order valence-corrected chi connectivity index (χ4v) is 5.21. The van der Waals surface area contributed by atoms with Crippen molar-refractivity contribution in [2.45, 2.75) is 46.5 Å². The van der Waals surface area contributed by atoms with Crippen molar-refractivity contribution in [2.75, 3.05) is 5.32 Å². The molecule has 0 fully saturated rings. The van der Waals surface area contributed by atoms with Crippen molar-refractivity contribution >= 4 is 33.8 Å². The third kappa shape index (κ3) is 4.48. The van der Waals surface area contributed by atoms with Crippen LogP contribution < -0.4 is 11.1 Å². The Labute approximate surface area is 173 Å². The molecule has 2 aromatic rings. The SMILES string of the molecule is CC(C)(C)C1CCc2c(sc(NC(=O)Cc3ccccc3[N+](=O)[O-])c2C(N)=O)C1. The van der Waals surface area contributed by atoms with E-state index >= 15 is 0 Å². The van der Waals surface area contributed by atoms with Crippen molar-refractivity contribution in [3.63, 3.8) is 0 Å². The molecule has 2 amide bonds. The summed E-state index contributed by atoms with van der Waals surface area (Å²) in [6.45, 7) is 6.63. The first-order chi connectivity index (χ1) is 13.6. The number of hydrogen-bond donors (Lipinski definition) is 2. The number of carbonyl (C=O) groups is 2. The number of hydrogen-bond acceptors (Lipinski definition) is 5. The summed E-state index contributed by atoms with van der Waals surface area (Å²) in [6, 6.07) is 6.14. The fraction of sp³-hybridized carbons (Fsp3) is 0.429. The van der Waals surface area contributed by atoms with E-state index in [0.29, 0.717) is 22.0 Å². The molecule has 1 aromatic heterocycles. The molecule has 1 atom stereocenters. The van der Waals surface area contributed by atoms with E-state index in [1.54, 1.807) is 18.2 Å². The molecule has 0 radical (unpaired) electrons. The lowest BCUT2D eigenvalue weighted by atomic mass is 9.72. The molecule has 0 aliphatic heterocycles. The maximum Gasteiger partial charge on any atom is 0.273 e. The van der Waals surface area contributed by atoms with Gasteiger partial charge in [0.25, 0.3) is 11.6 Å². The van der Waals surface area contributed by atoms with Crippen LogP contribution in [0, 0.1) is 21.4 Å². The number of thiophene rings is 1. The van der Waals surface area contributed by atoms with E-state index < -0.39 is 16.7 Å². The van der Waals surface area contributed by atoms with Crippen LogP contribution in [0.1, 0.15) is 53.6 Å². The Morgan fingerprint density at radius 2 is 2.00 bits per heavy atom. The van der Waals surface area contributed by atoms with Crippen molar-refractivity contribution in [3.05, 3.63) is 55.9 Å². The molecule has 3 N–H and O–H groups in total. The van der Waals surface area contributed by atoms with E-state index in [1.165, 1.54) is 17.4 Å². The molecule has 0 spiro atoms. The molecule has 7 nitrogen and oxygen atoms in total. The summed E-state index contributed by atoms with van der Waals surface area (Å²) in [7, 11) is 0. The van der Waals surface area contributed by atoms with Gasteiger partial charge in [-0.2, -0.15) is 0 Å². The highest BCUT2D eigenvalue weighted by molar-refractivity contribution is 7.17. The van der Waals surface area contributed by atoms with Crippen molar-refractivity contribution in [1.29, 1.82) is 0 Å². The van der Waals surface area contributed by atoms with Crippen LogP contribution in [0.2, 0.25) is 0 Å². The largest absolute Gasteiger partial charge is 0.365 e. The molecular formula is C21H25N3O4S. The zero-order valence-electron chi connectivity index (χ0n) is 16.8. The number of nitrogens with one attached hydrogen (secondary N) is 1. The topological polar surface area (TPSA) is 115 Å². The zero-order valence-corrected chi connectivity index (χ0v) is 17.6. The summed E-state index contributed by atoms with van der Waals surface area (Å²) < 4.78 is 0. The Morgan fingerprint density at radius 1 is 1.31 bits per heavy atom. The fourth-order valence-electron chi connectivity index (χ4n) is 3.86. The van der Waals surface area contributed by atoms with Crippen LogP contribution in [0.25, 0.3) is 0 Å². The number of rotatable bonds is 5. The smallest absolute Gasteiger partial charge is 0.273 e. The third-order valence-corrected chi connectivity index (χ3v) is 6.70. The van der Waals surface area contributed by atoms with Gasteiger partial charge in [-0.05, 0) is 36.2 Å². The highest BCUT2D eigenvalue weighted by atomic mass is 32.1. The maximum atomic E-state index is 12.6. The molecule has 154 valence electrons. The van der Waals surface area contributed by atoms with Gasteiger partial charge in [0.15, 0.2) is 0 Å². The van der Waals surface area contributed by atoms with E-state index in [-0.39, 0.29) is 17.5 Å². The van der Waals surface area contributed by atoms with E-state index in [0.717, 1.165) is 29.7 Å². The molecule has 3 rings (SSSR count). The summed E-state index contributed by atoms with van der Waals surface area (Å²) in [4.78, 5) is 36.4. The number of nitrogens with two attached hydrogens (primary N) is 1. The number of amides is 2. The number of fused-ring (bicyclic) bond motifs is 1. The summed E-state index contributed by atoms with van der Waals surface area (Å²) in [6.07, 6.45) is 2.43. The third-order valence-electron chi connectivity index (χ3n) is 5.53. The van der Waals surface area contributed by atoms with Crippen LogP contribution in [-0.2, 0) is 24.1 Å². The van der Waals surface area contributed by atoms with E-state index in [9.17, 15) is 19.7 Å². The van der Waals surface area contributed by atoms with Gasteiger partial charge in [-0.3, -0.25) is 19.7 Å². The van der Waals surface area contributed by atoms with Crippen molar-refractivity contribution in [2.24, 2.45) is 17.1 Å². The Hall–Kier alpha value is -2.74. The van der Waals surface area contributed by atoms with Gasteiger partial charge in [0.1, 0.15) is 5.00 Å². The van der Waals surface area contributed by atoms with Gasteiger partial charge in [-0.25, -0.2) is 0 Å². The van der Waals surface area contributed by atoms with Crippen LogP contribution >= 0.6 is 11.3 Å². The van der Waals surface area contributed by atoms with Crippen molar-refractivity contribution < 1.29 is 14.5 Å². The normalized spacial score (nSPS) is 16.2. The lowest BCUT2D eigenvalue weighted by molar-refractivity contribution is -0.385. The standard InChI is InChI=1S/C21H25N3O4S/c1-21(2,3)13-8-9-14-16(11-13)29-20(18(14)19(22)26)23-17(25)10-12-6-4-5-7-15(12)24(27)28/h4-7,13H,8-11H2,1-3H3,(H2,22,26)(H,23,25). The number of nitro groups is 1. The first-order valence-corrected chi connectivity index (χ1v) is 10.4. The van der Waals surface area contributed by atoms with Crippen molar-refractivity contribution in [1.82, 2.24) is 0 Å². The van der Waals surface area contributed by atoms with Crippen LogP contribution in [0.4, 0.5) is 10.7 Å². The molecule has 1 aliphatic carbocycles. The Morgan fingerprint density at radius 3 is 2.62 bits per heavy atom. The van der Waals surface area contributed by atoms with E-state index in [2.05, 4.69) is 26.1 Å². The summed E-state index contributed by atoms with van der Waals surface area (Å²) >= 11 is 1.39. The molecule has 29 heavy (non-hydrogen) atoms. The summed E-state index contributed by atoms with van der Waals surface area (Å²) in [5.74, 6) is -0.477.